The summed E-state index contributed by atoms with van der Waals surface area (Å²) in [5.74, 6) is -0.940. The molecule has 0 atom stereocenters. The molecule has 2 fully saturated rings. The summed E-state index contributed by atoms with van der Waals surface area (Å²) in [5.41, 5.74) is 0. The Kier molecular flexibility index (Phi) is 2.84. The first-order valence-corrected chi connectivity index (χ1v) is 5.44. The molecule has 0 aromatic rings. The second-order valence-electron chi connectivity index (χ2n) is 4.23. The van der Waals surface area contributed by atoms with Crippen molar-refractivity contribution in [2.24, 2.45) is 5.92 Å². The number of esters is 1. The molecule has 0 aromatic heterocycles. The Morgan fingerprint density at radius 1 is 1.07 bits per heavy atom. The van der Waals surface area contributed by atoms with Gasteiger partial charge in [0, 0.05) is 12.8 Å². The van der Waals surface area contributed by atoms with Crippen LogP contribution >= 0.6 is 0 Å². The molecule has 0 unspecified atom stereocenters. The molecule has 0 aliphatic heterocycles. The van der Waals surface area contributed by atoms with Gasteiger partial charge in [-0.3, -0.25) is 14.4 Å². The second kappa shape index (κ2) is 4.13. The Morgan fingerprint density at radius 3 is 2.13 bits per heavy atom. The summed E-state index contributed by atoms with van der Waals surface area (Å²) < 4.78 is 4.98. The van der Waals surface area contributed by atoms with Crippen molar-refractivity contribution >= 4 is 17.5 Å². The fraction of sp³-hybridized carbons (Fsp3) is 0.727. The third-order valence-corrected chi connectivity index (χ3v) is 3.13. The Balaban J connectivity index is 1.93. The molecule has 4 nitrogen and oxygen atoms in total. The van der Waals surface area contributed by atoms with Gasteiger partial charge in [0.2, 0.25) is 6.10 Å². The lowest BCUT2D eigenvalue weighted by atomic mass is 10.1. The fourth-order valence-electron chi connectivity index (χ4n) is 2.19. The minimum absolute atomic E-state index is 0.0915. The van der Waals surface area contributed by atoms with E-state index in [-0.39, 0.29) is 36.3 Å². The van der Waals surface area contributed by atoms with Crippen molar-refractivity contribution < 1.29 is 19.1 Å². The monoisotopic (exact) mass is 210 g/mol. The van der Waals surface area contributed by atoms with Crippen LogP contribution in [0.2, 0.25) is 0 Å². The zero-order chi connectivity index (χ0) is 10.8. The highest BCUT2D eigenvalue weighted by atomic mass is 16.6. The first-order valence-electron chi connectivity index (χ1n) is 5.44. The van der Waals surface area contributed by atoms with Gasteiger partial charge in [0.05, 0.1) is 5.92 Å². The van der Waals surface area contributed by atoms with E-state index in [4.69, 9.17) is 4.74 Å². The van der Waals surface area contributed by atoms with E-state index in [1.165, 1.54) is 0 Å². The van der Waals surface area contributed by atoms with Crippen LogP contribution in [0.25, 0.3) is 0 Å². The van der Waals surface area contributed by atoms with Gasteiger partial charge in [-0.05, 0) is 12.8 Å². The summed E-state index contributed by atoms with van der Waals surface area (Å²) in [5, 5.41) is 0. The normalized spacial score (nSPS) is 23.7. The summed E-state index contributed by atoms with van der Waals surface area (Å²) in [6.07, 6.45) is 3.08. The third kappa shape index (κ3) is 2.08. The fourth-order valence-corrected chi connectivity index (χ4v) is 2.19. The maximum absolute atomic E-state index is 11.6. The van der Waals surface area contributed by atoms with Gasteiger partial charge >= 0.3 is 5.97 Å². The standard InChI is InChI=1S/C11H14O4/c12-8-5-6-9(13)10(8)15-11(14)7-3-1-2-4-7/h7,10H,1-6H2. The van der Waals surface area contributed by atoms with Gasteiger partial charge in [-0.15, -0.1) is 0 Å². The average molecular weight is 210 g/mol. The van der Waals surface area contributed by atoms with Crippen molar-refractivity contribution in [2.75, 3.05) is 0 Å². The predicted molar refractivity (Wildman–Crippen MR) is 51.1 cm³/mol. The maximum atomic E-state index is 11.6. The summed E-state index contributed by atoms with van der Waals surface area (Å²) in [4.78, 5) is 34.0. The van der Waals surface area contributed by atoms with Crippen LogP contribution in [0, 0.1) is 5.92 Å². The predicted octanol–water partition coefficient (Wildman–Crippen LogP) is 1.02. The molecular formula is C11H14O4. The molecule has 0 bridgehead atoms. The molecule has 0 amide bonds. The van der Waals surface area contributed by atoms with Crippen LogP contribution in [-0.4, -0.2) is 23.6 Å². The lowest BCUT2D eigenvalue weighted by Crippen LogP contribution is -2.30. The molecule has 0 heterocycles. The van der Waals surface area contributed by atoms with Crippen molar-refractivity contribution in [3.8, 4) is 0 Å². The number of carbonyl (C=O) groups is 3. The lowest BCUT2D eigenvalue weighted by Gasteiger charge is -2.12. The smallest absolute Gasteiger partial charge is 0.310 e. The molecule has 2 aliphatic rings. The minimum atomic E-state index is -1.09. The van der Waals surface area contributed by atoms with E-state index >= 15 is 0 Å². The van der Waals surface area contributed by atoms with Crippen LogP contribution < -0.4 is 0 Å². The third-order valence-electron chi connectivity index (χ3n) is 3.13. The Hall–Kier alpha value is -1.19. The van der Waals surface area contributed by atoms with Crippen LogP contribution in [0.3, 0.4) is 0 Å². The Bertz CT molecular complexity index is 286. The Morgan fingerprint density at radius 2 is 1.60 bits per heavy atom. The van der Waals surface area contributed by atoms with Gasteiger partial charge in [0.15, 0.2) is 11.6 Å². The lowest BCUT2D eigenvalue weighted by molar-refractivity contribution is -0.160. The van der Waals surface area contributed by atoms with E-state index in [1.54, 1.807) is 0 Å². The van der Waals surface area contributed by atoms with Gasteiger partial charge in [-0.2, -0.15) is 0 Å². The molecule has 0 radical (unpaired) electrons. The number of hydrogen-bond acceptors (Lipinski definition) is 4. The highest BCUT2D eigenvalue weighted by Crippen LogP contribution is 2.27. The van der Waals surface area contributed by atoms with Crippen molar-refractivity contribution in [2.45, 2.75) is 44.6 Å². The van der Waals surface area contributed by atoms with Crippen LogP contribution in [0.4, 0.5) is 0 Å². The SMILES string of the molecule is O=C(OC1C(=O)CCC1=O)C1CCCC1. The Labute approximate surface area is 88.0 Å². The van der Waals surface area contributed by atoms with Crippen molar-refractivity contribution in [3.63, 3.8) is 0 Å². The van der Waals surface area contributed by atoms with E-state index in [2.05, 4.69) is 0 Å². The minimum Gasteiger partial charge on any atom is -0.446 e. The first-order chi connectivity index (χ1) is 7.18. The maximum Gasteiger partial charge on any atom is 0.310 e. The average Bonchev–Trinajstić information content (AvgIpc) is 2.82. The number of ketones is 2. The number of ether oxygens (including phenoxy) is 1. The molecular weight excluding hydrogens is 196 g/mol. The van der Waals surface area contributed by atoms with E-state index in [0.717, 1.165) is 25.7 Å². The van der Waals surface area contributed by atoms with E-state index in [9.17, 15) is 14.4 Å². The zero-order valence-corrected chi connectivity index (χ0v) is 8.53. The van der Waals surface area contributed by atoms with Crippen LogP contribution in [0.15, 0.2) is 0 Å². The molecule has 4 heteroatoms. The highest BCUT2D eigenvalue weighted by Gasteiger charge is 2.37. The molecule has 2 rings (SSSR count). The molecule has 15 heavy (non-hydrogen) atoms. The zero-order valence-electron chi connectivity index (χ0n) is 8.53. The number of carbonyl (C=O) groups excluding carboxylic acids is 3. The summed E-state index contributed by atoms with van der Waals surface area (Å²) in [6, 6.07) is 0. The summed E-state index contributed by atoms with van der Waals surface area (Å²) in [7, 11) is 0. The van der Waals surface area contributed by atoms with Gasteiger partial charge < -0.3 is 4.74 Å². The highest BCUT2D eigenvalue weighted by molar-refractivity contribution is 6.12. The first kappa shape index (κ1) is 10.3. The van der Waals surface area contributed by atoms with E-state index in [1.807, 2.05) is 0 Å². The van der Waals surface area contributed by atoms with Crippen molar-refractivity contribution in [1.29, 1.82) is 0 Å². The van der Waals surface area contributed by atoms with Gasteiger partial charge in [0.1, 0.15) is 0 Å². The summed E-state index contributed by atoms with van der Waals surface area (Å²) >= 11 is 0. The van der Waals surface area contributed by atoms with Crippen LogP contribution in [0.5, 0.6) is 0 Å². The second-order valence-corrected chi connectivity index (χ2v) is 4.23. The molecule has 0 N–H and O–H groups in total. The van der Waals surface area contributed by atoms with E-state index in [0.29, 0.717) is 0 Å². The van der Waals surface area contributed by atoms with Crippen LogP contribution in [0.1, 0.15) is 38.5 Å². The van der Waals surface area contributed by atoms with Crippen LogP contribution in [-0.2, 0) is 19.1 Å². The molecule has 0 aromatic carbocycles. The number of Topliss-reactive ketones (excluding diaryl/α,β-unsaturated/α-hetero) is 2. The summed E-state index contributed by atoms with van der Waals surface area (Å²) in [6.45, 7) is 0. The molecule has 2 aliphatic carbocycles. The molecule has 2 saturated carbocycles. The number of hydrogen-bond donors (Lipinski definition) is 0. The van der Waals surface area contributed by atoms with Crippen molar-refractivity contribution in [3.05, 3.63) is 0 Å². The van der Waals surface area contributed by atoms with Gasteiger partial charge in [0.25, 0.3) is 0 Å². The van der Waals surface area contributed by atoms with Gasteiger partial charge in [-0.25, -0.2) is 0 Å². The van der Waals surface area contributed by atoms with Crippen molar-refractivity contribution in [1.82, 2.24) is 0 Å². The molecule has 82 valence electrons. The van der Waals surface area contributed by atoms with Gasteiger partial charge in [-0.1, -0.05) is 12.8 Å². The molecule has 0 saturated heterocycles. The molecule has 0 spiro atoms. The quantitative estimate of drug-likeness (QED) is 0.504. The number of rotatable bonds is 2. The van der Waals surface area contributed by atoms with E-state index < -0.39 is 6.10 Å². The topological polar surface area (TPSA) is 60.4 Å². The largest absolute Gasteiger partial charge is 0.446 e.